The lowest BCUT2D eigenvalue weighted by atomic mass is 9.90. The van der Waals surface area contributed by atoms with Crippen LogP contribution in [0.25, 0.3) is 22.8 Å². The number of aryl methyl sites for hydroxylation is 1. The summed E-state index contributed by atoms with van der Waals surface area (Å²) in [7, 11) is 2.16. The van der Waals surface area contributed by atoms with Gasteiger partial charge in [-0.1, -0.05) is 5.16 Å². The van der Waals surface area contributed by atoms with Gasteiger partial charge < -0.3 is 9.42 Å². The van der Waals surface area contributed by atoms with Gasteiger partial charge in [-0.15, -0.1) is 0 Å². The van der Waals surface area contributed by atoms with Gasteiger partial charge in [0.05, 0.1) is 11.4 Å². The Labute approximate surface area is 170 Å². The number of hydrogen-bond donors (Lipinski definition) is 0. The van der Waals surface area contributed by atoms with Gasteiger partial charge in [0.1, 0.15) is 0 Å². The van der Waals surface area contributed by atoms with Crippen molar-refractivity contribution in [3.63, 3.8) is 0 Å². The molecule has 1 saturated heterocycles. The summed E-state index contributed by atoms with van der Waals surface area (Å²) in [6.45, 7) is 4.00. The predicted molar refractivity (Wildman–Crippen MR) is 109 cm³/mol. The first-order valence-corrected chi connectivity index (χ1v) is 10.0. The molecular formula is C22H25N5O2. The third-order valence-corrected chi connectivity index (χ3v) is 5.51. The van der Waals surface area contributed by atoms with E-state index in [4.69, 9.17) is 4.52 Å². The van der Waals surface area contributed by atoms with Crippen LogP contribution < -0.4 is 0 Å². The Kier molecular flexibility index (Phi) is 5.76. The van der Waals surface area contributed by atoms with Crippen molar-refractivity contribution in [2.75, 3.05) is 20.1 Å². The quantitative estimate of drug-likeness (QED) is 0.591. The summed E-state index contributed by atoms with van der Waals surface area (Å²) in [4.78, 5) is 28.1. The van der Waals surface area contributed by atoms with E-state index in [0.29, 0.717) is 41.0 Å². The molecule has 0 aliphatic carbocycles. The summed E-state index contributed by atoms with van der Waals surface area (Å²) in [5.74, 6) is 1.83. The molecule has 3 aromatic heterocycles. The fraction of sp³-hybridized carbons (Fsp3) is 0.409. The summed E-state index contributed by atoms with van der Waals surface area (Å²) >= 11 is 0. The van der Waals surface area contributed by atoms with Crippen LogP contribution >= 0.6 is 0 Å². The van der Waals surface area contributed by atoms with Crippen LogP contribution in [0.5, 0.6) is 0 Å². The predicted octanol–water partition coefficient (Wildman–Crippen LogP) is 3.81. The van der Waals surface area contributed by atoms with E-state index in [1.165, 1.54) is 12.8 Å². The lowest BCUT2D eigenvalue weighted by molar-refractivity contribution is 0.0965. The number of likely N-dealkylation sites (tertiary alicyclic amines) is 1. The minimum atomic E-state index is 0.164. The van der Waals surface area contributed by atoms with Crippen LogP contribution in [0.4, 0.5) is 0 Å². The second-order valence-electron chi connectivity index (χ2n) is 7.71. The van der Waals surface area contributed by atoms with Gasteiger partial charge in [0.2, 0.25) is 11.7 Å². The molecule has 4 rings (SSSR count). The molecule has 0 spiro atoms. The number of pyridine rings is 2. The van der Waals surface area contributed by atoms with Crippen LogP contribution in [0.2, 0.25) is 0 Å². The Bertz CT molecular complexity index is 992. The lowest BCUT2D eigenvalue weighted by Crippen LogP contribution is -2.30. The van der Waals surface area contributed by atoms with Crippen LogP contribution in [0, 0.1) is 12.8 Å². The molecular weight excluding hydrogens is 366 g/mol. The van der Waals surface area contributed by atoms with Crippen LogP contribution in [0.1, 0.15) is 41.9 Å². The van der Waals surface area contributed by atoms with Crippen molar-refractivity contribution in [2.45, 2.75) is 32.6 Å². The topological polar surface area (TPSA) is 85.0 Å². The third kappa shape index (κ3) is 4.74. The zero-order valence-corrected chi connectivity index (χ0v) is 16.8. The Morgan fingerprint density at radius 1 is 1.14 bits per heavy atom. The molecule has 0 aromatic carbocycles. The first-order valence-electron chi connectivity index (χ1n) is 10.0. The Hall–Kier alpha value is -2.93. The molecule has 3 aromatic rings. The maximum absolute atomic E-state index is 12.7. The van der Waals surface area contributed by atoms with Crippen molar-refractivity contribution in [1.82, 2.24) is 25.0 Å². The second kappa shape index (κ2) is 8.61. The number of aromatic nitrogens is 4. The number of nitrogens with zero attached hydrogens (tertiary/aromatic N) is 5. The van der Waals surface area contributed by atoms with Gasteiger partial charge in [0.15, 0.2) is 5.78 Å². The van der Waals surface area contributed by atoms with E-state index >= 15 is 0 Å². The van der Waals surface area contributed by atoms with Crippen molar-refractivity contribution >= 4 is 5.78 Å². The maximum atomic E-state index is 12.7. The number of Topliss-reactive ketones (excluding diaryl/α,β-unsaturated/α-hetero) is 1. The largest absolute Gasteiger partial charge is 0.339 e. The first-order chi connectivity index (χ1) is 14.1. The number of ketones is 1. The standard InChI is InChI=1S/C22H25N5O2/c1-15-25-22(26-29-15)18-6-10-24-20(14-18)19-13-17(5-9-23-19)21(28)4-3-16-7-11-27(2)12-8-16/h5-6,9-10,13-14,16H,3-4,7-8,11-12H2,1-2H3. The average Bonchev–Trinajstić information content (AvgIpc) is 3.20. The van der Waals surface area contributed by atoms with E-state index in [9.17, 15) is 4.79 Å². The van der Waals surface area contributed by atoms with Gasteiger partial charge in [-0.05, 0) is 69.6 Å². The zero-order chi connectivity index (χ0) is 20.2. The van der Waals surface area contributed by atoms with E-state index in [-0.39, 0.29) is 5.78 Å². The molecule has 1 aliphatic rings. The summed E-state index contributed by atoms with van der Waals surface area (Å²) in [6, 6.07) is 7.29. The Morgan fingerprint density at radius 2 is 1.86 bits per heavy atom. The average molecular weight is 391 g/mol. The van der Waals surface area contributed by atoms with Crippen molar-refractivity contribution < 1.29 is 9.32 Å². The SMILES string of the molecule is Cc1nc(-c2ccnc(-c3cc(C(=O)CCC4CCN(C)CC4)ccn3)c2)no1. The van der Waals surface area contributed by atoms with Crippen molar-refractivity contribution in [2.24, 2.45) is 5.92 Å². The minimum absolute atomic E-state index is 0.164. The van der Waals surface area contributed by atoms with Gasteiger partial charge in [0.25, 0.3) is 0 Å². The van der Waals surface area contributed by atoms with Crippen LogP contribution in [-0.4, -0.2) is 50.9 Å². The van der Waals surface area contributed by atoms with E-state index < -0.39 is 0 Å². The number of rotatable bonds is 6. The summed E-state index contributed by atoms with van der Waals surface area (Å²) in [5, 5.41) is 3.95. The molecule has 7 nitrogen and oxygen atoms in total. The highest BCUT2D eigenvalue weighted by Crippen LogP contribution is 2.24. The summed E-state index contributed by atoms with van der Waals surface area (Å²) in [6.07, 6.45) is 7.25. The monoisotopic (exact) mass is 391 g/mol. The number of carbonyl (C=O) groups is 1. The molecule has 1 fully saturated rings. The van der Waals surface area contributed by atoms with Crippen molar-refractivity contribution in [3.05, 3.63) is 48.1 Å². The molecule has 0 saturated carbocycles. The third-order valence-electron chi connectivity index (χ3n) is 5.51. The van der Waals surface area contributed by atoms with Crippen LogP contribution in [0.3, 0.4) is 0 Å². The molecule has 1 aliphatic heterocycles. The summed E-state index contributed by atoms with van der Waals surface area (Å²) in [5.41, 5.74) is 2.82. The Balaban J connectivity index is 1.46. The van der Waals surface area contributed by atoms with E-state index in [1.807, 2.05) is 18.2 Å². The molecule has 0 radical (unpaired) electrons. The maximum Gasteiger partial charge on any atom is 0.223 e. The van der Waals surface area contributed by atoms with Gasteiger partial charge in [-0.25, -0.2) is 0 Å². The highest BCUT2D eigenvalue weighted by atomic mass is 16.5. The molecule has 0 atom stereocenters. The lowest BCUT2D eigenvalue weighted by Gasteiger charge is -2.28. The fourth-order valence-electron chi connectivity index (χ4n) is 3.70. The van der Waals surface area contributed by atoms with Gasteiger partial charge in [-0.2, -0.15) is 4.98 Å². The minimum Gasteiger partial charge on any atom is -0.339 e. The van der Waals surface area contributed by atoms with Gasteiger partial charge >= 0.3 is 0 Å². The van der Waals surface area contributed by atoms with Crippen molar-refractivity contribution in [1.29, 1.82) is 0 Å². The zero-order valence-electron chi connectivity index (χ0n) is 16.8. The number of carbonyl (C=O) groups excluding carboxylic acids is 1. The summed E-state index contributed by atoms with van der Waals surface area (Å²) < 4.78 is 5.05. The molecule has 7 heteroatoms. The molecule has 0 N–H and O–H groups in total. The van der Waals surface area contributed by atoms with E-state index in [0.717, 1.165) is 25.1 Å². The van der Waals surface area contributed by atoms with Crippen LogP contribution in [0.15, 0.2) is 41.2 Å². The van der Waals surface area contributed by atoms with Crippen molar-refractivity contribution in [3.8, 4) is 22.8 Å². The highest BCUT2D eigenvalue weighted by Gasteiger charge is 2.18. The van der Waals surface area contributed by atoms with Gasteiger partial charge in [0, 0.05) is 36.9 Å². The number of piperidine rings is 1. The molecule has 0 amide bonds. The molecule has 0 unspecified atom stereocenters. The van der Waals surface area contributed by atoms with E-state index in [1.54, 1.807) is 25.4 Å². The molecule has 29 heavy (non-hydrogen) atoms. The highest BCUT2D eigenvalue weighted by molar-refractivity contribution is 5.96. The smallest absolute Gasteiger partial charge is 0.223 e. The normalized spacial score (nSPS) is 15.5. The molecule has 150 valence electrons. The molecule has 0 bridgehead atoms. The second-order valence-corrected chi connectivity index (χ2v) is 7.71. The molecule has 4 heterocycles. The fourth-order valence-corrected chi connectivity index (χ4v) is 3.70. The van der Waals surface area contributed by atoms with Crippen LogP contribution in [-0.2, 0) is 0 Å². The Morgan fingerprint density at radius 3 is 2.59 bits per heavy atom. The first kappa shape index (κ1) is 19.4. The van der Waals surface area contributed by atoms with Gasteiger partial charge in [-0.3, -0.25) is 14.8 Å². The number of hydrogen-bond acceptors (Lipinski definition) is 7. The van der Waals surface area contributed by atoms with E-state index in [2.05, 4.69) is 32.1 Å².